The van der Waals surface area contributed by atoms with Crippen LogP contribution in [0.15, 0.2) is 151 Å². The van der Waals surface area contributed by atoms with E-state index in [0.29, 0.717) is 0 Å². The number of anilines is 1. The highest BCUT2D eigenvalue weighted by Crippen LogP contribution is 2.56. The van der Waals surface area contributed by atoms with E-state index in [9.17, 15) is 0 Å². The quantitative estimate of drug-likeness (QED) is 0.110. The van der Waals surface area contributed by atoms with E-state index >= 15 is 0 Å². The molecule has 0 fully saturated rings. The van der Waals surface area contributed by atoms with Crippen molar-refractivity contribution >= 4 is 69.5 Å². The Bertz CT molecular complexity index is 2270. The maximum atomic E-state index is 4.11. The standard InChI is InChI=1S/C38H29N3P2/c1-39-41-38(26-20-22-36-32(24-26)30-16-8-10-18-34(30)42(36)28-12-4-2-5-13-28)40-27-21-23-37-33(25-27)31-17-9-11-19-35(31)43(37)29-14-6-3-7-15-29/h2-25,38,40-41H,1H2. The summed E-state index contributed by atoms with van der Waals surface area (Å²) in [5.74, 6) is 0. The van der Waals surface area contributed by atoms with E-state index in [-0.39, 0.29) is 6.17 Å². The highest BCUT2D eigenvalue weighted by atomic mass is 31.1. The third-order valence-corrected chi connectivity index (χ3v) is 13.4. The van der Waals surface area contributed by atoms with E-state index in [1.165, 1.54) is 52.6 Å². The van der Waals surface area contributed by atoms with Crippen molar-refractivity contribution in [2.75, 3.05) is 5.32 Å². The van der Waals surface area contributed by atoms with Gasteiger partial charge in [0.1, 0.15) is 6.17 Å². The van der Waals surface area contributed by atoms with Gasteiger partial charge in [0.2, 0.25) is 0 Å². The molecule has 206 valence electrons. The van der Waals surface area contributed by atoms with Crippen LogP contribution >= 0.6 is 15.1 Å². The number of hydrazone groups is 1. The molecule has 0 aliphatic rings. The normalized spacial score (nSPS) is 13.0. The fourth-order valence-electron chi connectivity index (χ4n) is 6.39. The Morgan fingerprint density at radius 2 is 0.977 bits per heavy atom. The van der Waals surface area contributed by atoms with Gasteiger partial charge in [-0.2, -0.15) is 5.10 Å². The highest BCUT2D eigenvalue weighted by molar-refractivity contribution is 7.68. The van der Waals surface area contributed by atoms with Crippen LogP contribution in [0.1, 0.15) is 11.7 Å². The lowest BCUT2D eigenvalue weighted by atomic mass is 10.1. The molecule has 3 atom stereocenters. The number of fused-ring (bicyclic) bond motifs is 6. The average Bonchev–Trinajstić information content (AvgIpc) is 3.58. The molecule has 0 aliphatic heterocycles. The largest absolute Gasteiger partial charge is 0.360 e. The van der Waals surface area contributed by atoms with E-state index in [1.54, 1.807) is 0 Å². The van der Waals surface area contributed by atoms with Gasteiger partial charge in [-0.1, -0.05) is 130 Å². The van der Waals surface area contributed by atoms with Crippen LogP contribution in [0.4, 0.5) is 5.69 Å². The topological polar surface area (TPSA) is 36.4 Å². The lowest BCUT2D eigenvalue weighted by Gasteiger charge is -2.20. The van der Waals surface area contributed by atoms with E-state index in [1.807, 2.05) is 0 Å². The number of rotatable bonds is 7. The minimum absolute atomic E-state index is 0.233. The van der Waals surface area contributed by atoms with Crippen LogP contribution in [0.25, 0.3) is 52.6 Å². The monoisotopic (exact) mass is 589 g/mol. The first-order chi connectivity index (χ1) is 21.3. The summed E-state index contributed by atoms with van der Waals surface area (Å²) < 4.78 is 0. The molecule has 5 heteroatoms. The smallest absolute Gasteiger partial charge is 0.139 e. The summed E-state index contributed by atoms with van der Waals surface area (Å²) in [7, 11) is -1.16. The Kier molecular flexibility index (Phi) is 6.49. The molecule has 3 unspecified atom stereocenters. The molecule has 0 amide bonds. The number of nitrogens with one attached hydrogen (secondary N) is 2. The molecule has 0 bridgehead atoms. The van der Waals surface area contributed by atoms with Gasteiger partial charge in [-0.3, -0.25) is 5.43 Å². The van der Waals surface area contributed by atoms with Crippen molar-refractivity contribution in [3.05, 3.63) is 151 Å². The molecule has 2 heterocycles. The average molecular weight is 590 g/mol. The fourth-order valence-corrected chi connectivity index (χ4v) is 11.6. The molecule has 6 aromatic carbocycles. The molecule has 3 nitrogen and oxygen atoms in total. The lowest BCUT2D eigenvalue weighted by molar-refractivity contribution is 0.623. The summed E-state index contributed by atoms with van der Waals surface area (Å²) >= 11 is 0. The van der Waals surface area contributed by atoms with Gasteiger partial charge in [-0.15, -0.1) is 0 Å². The predicted molar refractivity (Wildman–Crippen MR) is 190 cm³/mol. The molecule has 2 aromatic heterocycles. The number of hydrogen-bond donors (Lipinski definition) is 2. The van der Waals surface area contributed by atoms with E-state index in [0.717, 1.165) is 11.3 Å². The van der Waals surface area contributed by atoms with Crippen molar-refractivity contribution in [1.29, 1.82) is 0 Å². The van der Waals surface area contributed by atoms with Crippen LogP contribution < -0.4 is 10.7 Å². The van der Waals surface area contributed by atoms with Crippen LogP contribution in [0.2, 0.25) is 0 Å². The molecule has 0 spiro atoms. The predicted octanol–water partition coefficient (Wildman–Crippen LogP) is 11.6. The van der Waals surface area contributed by atoms with Crippen molar-refractivity contribution in [2.45, 2.75) is 6.17 Å². The zero-order valence-electron chi connectivity index (χ0n) is 23.5. The van der Waals surface area contributed by atoms with Crippen molar-refractivity contribution in [3.8, 4) is 10.6 Å². The SMILES string of the molecule is C=NNC(Nc1ccc2c(c1)c1ccccc1p2-c1ccccc1)c1ccc2c(c1)c1ccccc1p2-c1ccccc1. The zero-order valence-corrected chi connectivity index (χ0v) is 25.3. The lowest BCUT2D eigenvalue weighted by Crippen LogP contribution is -2.23. The minimum atomic E-state index is -0.586. The van der Waals surface area contributed by atoms with Gasteiger partial charge in [0.15, 0.2) is 0 Å². The van der Waals surface area contributed by atoms with Crippen LogP contribution in [0, 0.1) is 0 Å². The maximum Gasteiger partial charge on any atom is 0.139 e. The van der Waals surface area contributed by atoms with Gasteiger partial charge in [0, 0.05) is 32.9 Å². The highest BCUT2D eigenvalue weighted by Gasteiger charge is 2.18. The van der Waals surface area contributed by atoms with E-state index in [2.05, 4.69) is 168 Å². The molecular weight excluding hydrogens is 560 g/mol. The molecule has 2 N–H and O–H groups in total. The van der Waals surface area contributed by atoms with Crippen molar-refractivity contribution in [1.82, 2.24) is 5.43 Å². The third kappa shape index (κ3) is 4.41. The molecule has 8 aromatic rings. The van der Waals surface area contributed by atoms with Crippen molar-refractivity contribution in [3.63, 3.8) is 0 Å². The second-order valence-electron chi connectivity index (χ2n) is 10.7. The maximum absolute atomic E-state index is 4.11. The van der Waals surface area contributed by atoms with Crippen LogP contribution in [0.3, 0.4) is 0 Å². The first kappa shape index (κ1) is 25.9. The van der Waals surface area contributed by atoms with Gasteiger partial charge < -0.3 is 5.32 Å². The Morgan fingerprint density at radius 3 is 1.56 bits per heavy atom. The van der Waals surface area contributed by atoms with Crippen molar-refractivity contribution < 1.29 is 0 Å². The molecule has 8 rings (SSSR count). The molecule has 43 heavy (non-hydrogen) atoms. The molecule has 0 saturated heterocycles. The third-order valence-electron chi connectivity index (χ3n) is 8.26. The van der Waals surface area contributed by atoms with Gasteiger partial charge >= 0.3 is 0 Å². The molecular formula is C38H29N3P2. The molecule has 0 radical (unpaired) electrons. The Hall–Kier alpha value is -4.81. The fraction of sp³-hybridized carbons (Fsp3) is 0.0263. The Morgan fingerprint density at radius 1 is 0.488 bits per heavy atom. The zero-order chi connectivity index (χ0) is 28.8. The number of benzene rings is 6. The minimum Gasteiger partial charge on any atom is -0.360 e. The van der Waals surface area contributed by atoms with Gasteiger partial charge in [-0.05, 0) is 68.0 Å². The van der Waals surface area contributed by atoms with E-state index < -0.39 is 15.1 Å². The summed E-state index contributed by atoms with van der Waals surface area (Å²) in [6.07, 6.45) is -0.233. The summed E-state index contributed by atoms with van der Waals surface area (Å²) in [6.45, 7) is 3.76. The molecule has 0 saturated carbocycles. The second-order valence-corrected chi connectivity index (χ2v) is 15.1. The van der Waals surface area contributed by atoms with Crippen LogP contribution in [-0.4, -0.2) is 6.72 Å². The van der Waals surface area contributed by atoms with Gasteiger partial charge in [0.05, 0.1) is 0 Å². The summed E-state index contributed by atoms with van der Waals surface area (Å²) in [4.78, 5) is 0. The summed E-state index contributed by atoms with van der Waals surface area (Å²) in [5, 5.41) is 21.5. The summed E-state index contributed by atoms with van der Waals surface area (Å²) in [5.41, 5.74) is 5.41. The van der Waals surface area contributed by atoms with Gasteiger partial charge in [0.25, 0.3) is 0 Å². The van der Waals surface area contributed by atoms with Crippen molar-refractivity contribution in [2.24, 2.45) is 5.10 Å². The van der Waals surface area contributed by atoms with Gasteiger partial charge in [-0.25, -0.2) is 0 Å². The number of nitrogens with zero attached hydrogens (tertiary/aromatic N) is 1. The Labute approximate surface area is 252 Å². The Balaban J connectivity index is 1.23. The first-order valence-electron chi connectivity index (χ1n) is 14.4. The van der Waals surface area contributed by atoms with Crippen LogP contribution in [-0.2, 0) is 0 Å². The van der Waals surface area contributed by atoms with Crippen LogP contribution in [0.5, 0.6) is 0 Å². The summed E-state index contributed by atoms with van der Waals surface area (Å²) in [6, 6.07) is 53.2. The number of hydrogen-bond acceptors (Lipinski definition) is 3. The first-order valence-corrected chi connectivity index (χ1v) is 17.1. The second kappa shape index (κ2) is 10.8. The molecule has 0 aliphatic carbocycles. The van der Waals surface area contributed by atoms with E-state index in [4.69, 9.17) is 0 Å².